The lowest BCUT2D eigenvalue weighted by Gasteiger charge is -2.10. The van der Waals surface area contributed by atoms with Crippen LogP contribution in [0.1, 0.15) is 31.0 Å². The summed E-state index contributed by atoms with van der Waals surface area (Å²) in [6.45, 7) is 4.76. The van der Waals surface area contributed by atoms with Crippen LogP contribution in [0.15, 0.2) is 39.6 Å². The Morgan fingerprint density at radius 2 is 2.04 bits per heavy atom. The van der Waals surface area contributed by atoms with Crippen molar-refractivity contribution in [2.75, 3.05) is 0 Å². The van der Waals surface area contributed by atoms with Crippen molar-refractivity contribution in [1.29, 1.82) is 0 Å². The van der Waals surface area contributed by atoms with Crippen LogP contribution in [0.4, 0.5) is 0 Å². The van der Waals surface area contributed by atoms with Crippen molar-refractivity contribution in [1.82, 2.24) is 14.5 Å². The lowest BCUT2D eigenvalue weighted by molar-refractivity contribution is 0.634. The minimum atomic E-state index is 0.0329. The molecule has 0 saturated heterocycles. The Hall–Kier alpha value is -1.66. The Morgan fingerprint density at radius 3 is 2.83 bits per heavy atom. The van der Waals surface area contributed by atoms with Gasteiger partial charge in [-0.2, -0.15) is 0 Å². The van der Waals surface area contributed by atoms with E-state index in [2.05, 4.69) is 22.3 Å². The van der Waals surface area contributed by atoms with Crippen molar-refractivity contribution in [2.24, 2.45) is 0 Å². The summed E-state index contributed by atoms with van der Waals surface area (Å²) in [4.78, 5) is 21.9. The molecule has 1 aromatic carbocycles. The zero-order valence-electron chi connectivity index (χ0n) is 13.3. The molecule has 0 spiro atoms. The molecule has 0 saturated carbocycles. The Morgan fingerprint density at radius 1 is 1.22 bits per heavy atom. The SMILES string of the molecule is CCCc1nc(CSc2nc3ccccc3c(=O)n2CC)cs1. The summed E-state index contributed by atoms with van der Waals surface area (Å²) in [5.41, 5.74) is 1.86. The zero-order chi connectivity index (χ0) is 16.2. The number of thioether (sulfide) groups is 1. The standard InChI is InChI=1S/C17H19N3OS2/c1-3-7-15-18-12(10-22-15)11-23-17-19-14-9-6-5-8-13(14)16(21)20(17)4-2/h5-6,8-10H,3-4,7,11H2,1-2H3. The van der Waals surface area contributed by atoms with Gasteiger partial charge in [-0.3, -0.25) is 9.36 Å². The van der Waals surface area contributed by atoms with E-state index in [0.717, 1.165) is 35.0 Å². The molecule has 2 aromatic heterocycles. The highest BCUT2D eigenvalue weighted by molar-refractivity contribution is 7.98. The summed E-state index contributed by atoms with van der Waals surface area (Å²) in [6.07, 6.45) is 2.14. The van der Waals surface area contributed by atoms with Crippen LogP contribution >= 0.6 is 23.1 Å². The number of benzene rings is 1. The van der Waals surface area contributed by atoms with Crippen LogP contribution in [0.5, 0.6) is 0 Å². The van der Waals surface area contributed by atoms with E-state index in [1.807, 2.05) is 31.2 Å². The summed E-state index contributed by atoms with van der Waals surface area (Å²) in [5.74, 6) is 0.741. The molecule has 0 atom stereocenters. The number of para-hydroxylation sites is 1. The maximum absolute atomic E-state index is 12.6. The van der Waals surface area contributed by atoms with E-state index in [4.69, 9.17) is 0 Å². The lowest BCUT2D eigenvalue weighted by atomic mass is 10.2. The molecule has 0 aliphatic heterocycles. The molecule has 0 aliphatic rings. The third-order valence-corrected chi connectivity index (χ3v) is 5.52. The van der Waals surface area contributed by atoms with Crippen LogP contribution in [0, 0.1) is 0 Å². The van der Waals surface area contributed by atoms with Gasteiger partial charge in [0.05, 0.1) is 21.6 Å². The second-order valence-electron chi connectivity index (χ2n) is 5.23. The van der Waals surface area contributed by atoms with E-state index in [9.17, 15) is 4.79 Å². The second kappa shape index (κ2) is 7.27. The predicted octanol–water partition coefficient (Wildman–Crippen LogP) is 4.12. The molecule has 0 amide bonds. The van der Waals surface area contributed by atoms with E-state index < -0.39 is 0 Å². The molecule has 120 valence electrons. The first-order valence-corrected chi connectivity index (χ1v) is 9.65. The van der Waals surface area contributed by atoms with Crippen molar-refractivity contribution >= 4 is 34.0 Å². The fourth-order valence-corrected chi connectivity index (χ4v) is 4.38. The molecule has 0 unspecified atom stereocenters. The lowest BCUT2D eigenvalue weighted by Crippen LogP contribution is -2.22. The van der Waals surface area contributed by atoms with Gasteiger partial charge in [0.2, 0.25) is 0 Å². The van der Waals surface area contributed by atoms with Gasteiger partial charge in [-0.1, -0.05) is 30.8 Å². The Kier molecular flexibility index (Phi) is 5.13. The molecule has 3 rings (SSSR count). The van der Waals surface area contributed by atoms with Crippen LogP contribution in [0.25, 0.3) is 10.9 Å². The first-order chi connectivity index (χ1) is 11.2. The van der Waals surface area contributed by atoms with E-state index in [0.29, 0.717) is 11.9 Å². The van der Waals surface area contributed by atoms with Crippen LogP contribution in [-0.4, -0.2) is 14.5 Å². The Balaban J connectivity index is 1.88. The highest BCUT2D eigenvalue weighted by Gasteiger charge is 2.11. The van der Waals surface area contributed by atoms with Gasteiger partial charge in [0.15, 0.2) is 5.16 Å². The monoisotopic (exact) mass is 345 g/mol. The van der Waals surface area contributed by atoms with Gasteiger partial charge in [0.1, 0.15) is 0 Å². The zero-order valence-corrected chi connectivity index (χ0v) is 14.9. The molecule has 0 aliphatic carbocycles. The summed E-state index contributed by atoms with van der Waals surface area (Å²) in [5, 5.41) is 4.73. The molecular weight excluding hydrogens is 326 g/mol. The third-order valence-electron chi connectivity index (χ3n) is 3.56. The maximum atomic E-state index is 12.6. The van der Waals surface area contributed by atoms with Gasteiger partial charge >= 0.3 is 0 Å². The van der Waals surface area contributed by atoms with Crippen LogP contribution in [0.3, 0.4) is 0 Å². The summed E-state index contributed by atoms with van der Waals surface area (Å²) < 4.78 is 1.74. The fraction of sp³-hybridized carbons (Fsp3) is 0.353. The van der Waals surface area contributed by atoms with E-state index in [1.165, 1.54) is 5.01 Å². The van der Waals surface area contributed by atoms with Crippen molar-refractivity contribution in [3.05, 3.63) is 50.7 Å². The molecule has 2 heterocycles. The molecule has 0 N–H and O–H groups in total. The van der Waals surface area contributed by atoms with Crippen molar-refractivity contribution in [3.63, 3.8) is 0 Å². The number of hydrogen-bond acceptors (Lipinski definition) is 5. The number of nitrogens with zero attached hydrogens (tertiary/aromatic N) is 3. The van der Waals surface area contributed by atoms with E-state index in [1.54, 1.807) is 27.7 Å². The van der Waals surface area contributed by atoms with Gasteiger partial charge in [-0.15, -0.1) is 11.3 Å². The van der Waals surface area contributed by atoms with Crippen LogP contribution < -0.4 is 5.56 Å². The highest BCUT2D eigenvalue weighted by Crippen LogP contribution is 2.23. The van der Waals surface area contributed by atoms with E-state index >= 15 is 0 Å². The topological polar surface area (TPSA) is 47.8 Å². The van der Waals surface area contributed by atoms with E-state index in [-0.39, 0.29) is 5.56 Å². The second-order valence-corrected chi connectivity index (χ2v) is 7.12. The van der Waals surface area contributed by atoms with Gasteiger partial charge in [-0.05, 0) is 31.9 Å². The minimum absolute atomic E-state index is 0.0329. The Labute approximate surface area is 143 Å². The van der Waals surface area contributed by atoms with Crippen LogP contribution in [0.2, 0.25) is 0 Å². The smallest absolute Gasteiger partial charge is 0.262 e. The van der Waals surface area contributed by atoms with Gasteiger partial charge in [-0.25, -0.2) is 9.97 Å². The molecule has 0 fully saturated rings. The fourth-order valence-electron chi connectivity index (χ4n) is 2.42. The molecule has 0 radical (unpaired) electrons. The minimum Gasteiger partial charge on any atom is -0.287 e. The molecule has 0 bridgehead atoms. The maximum Gasteiger partial charge on any atom is 0.262 e. The van der Waals surface area contributed by atoms with Crippen molar-refractivity contribution < 1.29 is 0 Å². The molecular formula is C17H19N3OS2. The van der Waals surface area contributed by atoms with Crippen molar-refractivity contribution in [3.8, 4) is 0 Å². The molecule has 3 aromatic rings. The molecule has 6 heteroatoms. The number of aromatic nitrogens is 3. The molecule has 23 heavy (non-hydrogen) atoms. The average Bonchev–Trinajstić information content (AvgIpc) is 3.01. The number of aryl methyl sites for hydroxylation is 1. The predicted molar refractivity (Wildman–Crippen MR) is 97.3 cm³/mol. The Bertz CT molecular complexity index is 870. The first kappa shape index (κ1) is 16.2. The summed E-state index contributed by atoms with van der Waals surface area (Å²) >= 11 is 3.29. The summed E-state index contributed by atoms with van der Waals surface area (Å²) in [6, 6.07) is 7.52. The normalized spacial score (nSPS) is 11.2. The number of hydrogen-bond donors (Lipinski definition) is 0. The van der Waals surface area contributed by atoms with Crippen LogP contribution in [-0.2, 0) is 18.7 Å². The average molecular weight is 345 g/mol. The summed E-state index contributed by atoms with van der Waals surface area (Å²) in [7, 11) is 0. The third kappa shape index (κ3) is 3.48. The first-order valence-electron chi connectivity index (χ1n) is 7.78. The van der Waals surface area contributed by atoms with Gasteiger partial charge in [0.25, 0.3) is 5.56 Å². The molecule has 4 nitrogen and oxygen atoms in total. The largest absolute Gasteiger partial charge is 0.287 e. The quantitative estimate of drug-likeness (QED) is 0.498. The van der Waals surface area contributed by atoms with Crippen molar-refractivity contribution in [2.45, 2.75) is 44.1 Å². The highest BCUT2D eigenvalue weighted by atomic mass is 32.2. The number of fused-ring (bicyclic) bond motifs is 1. The van der Waals surface area contributed by atoms with Gasteiger partial charge < -0.3 is 0 Å². The van der Waals surface area contributed by atoms with Gasteiger partial charge in [0, 0.05) is 17.7 Å². The number of rotatable bonds is 6. The number of thiazole rings is 1.